The van der Waals surface area contributed by atoms with E-state index in [-0.39, 0.29) is 91.4 Å². The fraction of sp³-hybridized carbons (Fsp3) is 0.302. The molecule has 0 bridgehead atoms. The first kappa shape index (κ1) is 39.7. The number of carbonyl (C=O) groups excluding carboxylic acids is 6. The van der Waals surface area contributed by atoms with E-state index in [9.17, 15) is 28.8 Å². The minimum atomic E-state index is -0.931. The number of hydroxylamine groups is 1. The van der Waals surface area contributed by atoms with E-state index in [0.29, 0.717) is 0 Å². The normalized spacial score (nSPS) is 13.3. The second-order valence-corrected chi connectivity index (χ2v) is 15.1. The Morgan fingerprint density at radius 2 is 0.964 bits per heavy atom. The topological polar surface area (TPSA) is 178 Å². The summed E-state index contributed by atoms with van der Waals surface area (Å²) in [7, 11) is 1.34. The molecule has 0 spiro atoms. The van der Waals surface area contributed by atoms with E-state index in [4.69, 9.17) is 14.3 Å². The van der Waals surface area contributed by atoms with Crippen molar-refractivity contribution in [2.45, 2.75) is 59.4 Å². The number of amides is 2. The van der Waals surface area contributed by atoms with Gasteiger partial charge in [0.25, 0.3) is 0 Å². The van der Waals surface area contributed by atoms with Gasteiger partial charge in [-0.1, -0.05) is 87.9 Å². The monoisotopic (exact) mass is 760 g/mol. The molecule has 0 fully saturated rings. The van der Waals surface area contributed by atoms with E-state index in [1.54, 1.807) is 24.3 Å². The molecule has 6 rings (SSSR count). The van der Waals surface area contributed by atoms with Gasteiger partial charge in [0.05, 0.1) is 29.6 Å². The average Bonchev–Trinajstić information content (AvgIpc) is 3.18. The standard InChI is InChI=1S/C43H44N4O9/c1-7-42(2,3)20-21-43(4,5)44-22-55-40(52)46-30-18-16-24(32-34(30)38(50)28-14-10-8-12-26(28)36(32)48)25-17-19-31(47-41(53)56-23-45-54-6)35-33(25)37(49)27-13-9-11-15-29(27)39(35)51/h8-19,44-45H,7,20-23H2,1-6H3,(H,46,52)(H,47,53). The van der Waals surface area contributed by atoms with Crippen molar-refractivity contribution in [3.63, 3.8) is 0 Å². The SMILES string of the molecule is CCC(C)(C)CCC(C)(C)NCOC(=O)Nc1ccc(-c2ccc(NC(=O)OCNOC)c3c2C(=O)c2ccccc2C3=O)c2c1C(=O)c1ccccc1C2=O. The lowest BCUT2D eigenvalue weighted by Gasteiger charge is -2.31. The van der Waals surface area contributed by atoms with E-state index in [1.807, 2.05) is 13.8 Å². The number of carbonyl (C=O) groups is 6. The van der Waals surface area contributed by atoms with Gasteiger partial charge in [0.1, 0.15) is 6.73 Å². The molecular formula is C43H44N4O9. The molecule has 56 heavy (non-hydrogen) atoms. The van der Waals surface area contributed by atoms with E-state index >= 15 is 0 Å². The molecule has 290 valence electrons. The van der Waals surface area contributed by atoms with E-state index in [2.05, 4.69) is 42.2 Å². The summed E-state index contributed by atoms with van der Waals surface area (Å²) in [6.45, 7) is 10.2. The molecule has 4 N–H and O–H groups in total. The molecule has 0 saturated carbocycles. The number of anilines is 2. The highest BCUT2D eigenvalue weighted by Crippen LogP contribution is 2.43. The van der Waals surface area contributed by atoms with Crippen LogP contribution in [0.25, 0.3) is 11.1 Å². The van der Waals surface area contributed by atoms with Crippen molar-refractivity contribution >= 4 is 46.7 Å². The molecule has 0 aliphatic heterocycles. The summed E-state index contributed by atoms with van der Waals surface area (Å²) in [5.74, 6) is -2.14. The van der Waals surface area contributed by atoms with E-state index in [1.165, 1.54) is 55.6 Å². The molecule has 2 amide bonds. The predicted octanol–water partition coefficient (Wildman–Crippen LogP) is 7.65. The van der Waals surface area contributed by atoms with Crippen LogP contribution >= 0.6 is 0 Å². The highest BCUT2D eigenvalue weighted by Gasteiger charge is 2.39. The number of rotatable bonds is 13. The minimum absolute atomic E-state index is 0.00692. The number of hydrogen-bond acceptors (Lipinski definition) is 11. The second kappa shape index (κ2) is 16.0. The Morgan fingerprint density at radius 1 is 0.554 bits per heavy atom. The first-order valence-corrected chi connectivity index (χ1v) is 18.3. The van der Waals surface area contributed by atoms with Crippen molar-refractivity contribution in [3.8, 4) is 11.1 Å². The molecule has 2 aliphatic rings. The molecule has 0 radical (unpaired) electrons. The maximum atomic E-state index is 14.4. The molecule has 4 aromatic carbocycles. The van der Waals surface area contributed by atoms with Gasteiger partial charge in [-0.3, -0.25) is 35.1 Å². The number of nitrogens with one attached hydrogen (secondary N) is 4. The van der Waals surface area contributed by atoms with E-state index < -0.39 is 35.3 Å². The number of hydrogen-bond donors (Lipinski definition) is 4. The van der Waals surface area contributed by atoms with Crippen molar-refractivity contribution in [2.75, 3.05) is 31.2 Å². The van der Waals surface area contributed by atoms with Gasteiger partial charge in [-0.05, 0) is 55.4 Å². The fourth-order valence-electron chi connectivity index (χ4n) is 6.76. The Bertz CT molecular complexity index is 2280. The van der Waals surface area contributed by atoms with E-state index in [0.717, 1.165) is 19.3 Å². The summed E-state index contributed by atoms with van der Waals surface area (Å²) in [5, 5.41) is 8.45. The summed E-state index contributed by atoms with van der Waals surface area (Å²) in [6.07, 6.45) is 1.07. The Labute approximate surface area is 324 Å². The zero-order valence-electron chi connectivity index (χ0n) is 32.1. The highest BCUT2D eigenvalue weighted by molar-refractivity contribution is 6.35. The van der Waals surface area contributed by atoms with Crippen LogP contribution in [0, 0.1) is 5.41 Å². The maximum Gasteiger partial charge on any atom is 0.413 e. The zero-order chi connectivity index (χ0) is 40.4. The molecule has 4 aromatic rings. The fourth-order valence-corrected chi connectivity index (χ4v) is 6.76. The number of ether oxygens (including phenoxy) is 2. The summed E-state index contributed by atoms with van der Waals surface area (Å²) in [5.41, 5.74) is 2.72. The lowest BCUT2D eigenvalue weighted by atomic mass is 9.75. The Morgan fingerprint density at radius 3 is 1.38 bits per heavy atom. The average molecular weight is 761 g/mol. The smallest absolute Gasteiger partial charge is 0.413 e. The van der Waals surface area contributed by atoms with Gasteiger partial charge >= 0.3 is 12.2 Å². The number of benzene rings is 4. The van der Waals surface area contributed by atoms with Gasteiger partial charge in [-0.2, -0.15) is 5.48 Å². The molecule has 0 atom stereocenters. The van der Waals surface area contributed by atoms with Crippen molar-refractivity contribution in [3.05, 3.63) is 117 Å². The molecule has 0 heterocycles. The van der Waals surface area contributed by atoms with Gasteiger partial charge in [0, 0.05) is 38.9 Å². The molecule has 13 nitrogen and oxygen atoms in total. The summed E-state index contributed by atoms with van der Waals surface area (Å²) in [4.78, 5) is 87.8. The quantitative estimate of drug-likeness (QED) is 0.0516. The summed E-state index contributed by atoms with van der Waals surface area (Å²) < 4.78 is 10.5. The van der Waals surface area contributed by atoms with Crippen LogP contribution in [-0.2, 0) is 14.3 Å². The van der Waals surface area contributed by atoms with Gasteiger partial charge in [-0.15, -0.1) is 0 Å². The van der Waals surface area contributed by atoms with Crippen molar-refractivity contribution in [2.24, 2.45) is 5.41 Å². The van der Waals surface area contributed by atoms with Crippen LogP contribution in [0.1, 0.15) is 118 Å². The summed E-state index contributed by atoms with van der Waals surface area (Å²) >= 11 is 0. The number of fused-ring (bicyclic) bond motifs is 4. The van der Waals surface area contributed by atoms with Crippen LogP contribution in [0.3, 0.4) is 0 Å². The molecule has 0 saturated heterocycles. The van der Waals surface area contributed by atoms with Gasteiger partial charge < -0.3 is 14.3 Å². The third-order valence-electron chi connectivity index (χ3n) is 10.5. The Hall–Kier alpha value is -6.02. The molecule has 0 aromatic heterocycles. The Balaban J connectivity index is 1.40. The van der Waals surface area contributed by atoms with Crippen LogP contribution in [-0.4, -0.2) is 61.4 Å². The highest BCUT2D eigenvalue weighted by atomic mass is 16.7. The maximum absolute atomic E-state index is 14.4. The second-order valence-electron chi connectivity index (χ2n) is 15.1. The third-order valence-corrected chi connectivity index (χ3v) is 10.5. The summed E-state index contributed by atoms with van der Waals surface area (Å²) in [6, 6.07) is 18.5. The van der Waals surface area contributed by atoms with Crippen molar-refractivity contribution in [1.29, 1.82) is 0 Å². The molecule has 2 aliphatic carbocycles. The van der Waals surface area contributed by atoms with Crippen molar-refractivity contribution < 1.29 is 43.1 Å². The van der Waals surface area contributed by atoms with Crippen LogP contribution < -0.4 is 21.4 Å². The van der Waals surface area contributed by atoms with Crippen LogP contribution in [0.15, 0.2) is 72.8 Å². The zero-order valence-corrected chi connectivity index (χ0v) is 32.1. The van der Waals surface area contributed by atoms with Gasteiger partial charge in [0.15, 0.2) is 29.9 Å². The largest absolute Gasteiger partial charge is 0.433 e. The van der Waals surface area contributed by atoms with Gasteiger partial charge in [0.2, 0.25) is 0 Å². The molecular weight excluding hydrogens is 716 g/mol. The van der Waals surface area contributed by atoms with Gasteiger partial charge in [-0.25, -0.2) is 9.59 Å². The lowest BCUT2D eigenvalue weighted by molar-refractivity contribution is 0.0237. The van der Waals surface area contributed by atoms with Crippen LogP contribution in [0.2, 0.25) is 0 Å². The lowest BCUT2D eigenvalue weighted by Crippen LogP contribution is -2.42. The first-order chi connectivity index (χ1) is 26.7. The minimum Gasteiger partial charge on any atom is -0.433 e. The third kappa shape index (κ3) is 7.87. The predicted molar refractivity (Wildman–Crippen MR) is 209 cm³/mol. The number of ketones is 4. The first-order valence-electron chi connectivity index (χ1n) is 18.3. The van der Waals surface area contributed by atoms with Crippen LogP contribution in [0.5, 0.6) is 0 Å². The van der Waals surface area contributed by atoms with Crippen molar-refractivity contribution in [1.82, 2.24) is 10.8 Å². The van der Waals surface area contributed by atoms with Crippen LogP contribution in [0.4, 0.5) is 21.0 Å². The molecule has 13 heteroatoms. The Kier molecular flexibility index (Phi) is 11.3. The molecule has 0 unspecified atom stereocenters.